The first-order valence-corrected chi connectivity index (χ1v) is 9.65. The minimum atomic E-state index is -0.314. The molecule has 0 radical (unpaired) electrons. The summed E-state index contributed by atoms with van der Waals surface area (Å²) in [5.41, 5.74) is 6.32. The van der Waals surface area contributed by atoms with Crippen LogP contribution in [-0.4, -0.2) is 41.9 Å². The van der Waals surface area contributed by atoms with E-state index < -0.39 is 0 Å². The number of aliphatic imine (C=N–C) groups is 1. The topological polar surface area (TPSA) is 92.8 Å². The fraction of sp³-hybridized carbons (Fsp3) is 0.381. The number of piperidine rings is 1. The van der Waals surface area contributed by atoms with Gasteiger partial charge in [-0.15, -0.1) is 0 Å². The molecule has 1 atom stereocenters. The highest BCUT2D eigenvalue weighted by atomic mass is 19.1. The normalized spacial score (nSPS) is 17.1. The minimum Gasteiger partial charge on any atom is -0.439 e. The number of pyridine rings is 1. The number of guanidine groups is 1. The third-order valence-electron chi connectivity index (χ3n) is 4.81. The standard InChI is InChI=1S/C21H26FN5O2/c1-24-21(27-10-2-3-16(14-27)11-19(23)28)26-13-15-8-9-25-20(12-15)29-18-6-4-17(22)5-7-18/h4-9,12,16H,2-3,10-11,13-14H2,1H3,(H2,23,28)(H,24,26). The number of nitrogens with one attached hydrogen (secondary N) is 1. The van der Waals surface area contributed by atoms with E-state index in [1.54, 1.807) is 25.4 Å². The quantitative estimate of drug-likeness (QED) is 0.575. The van der Waals surface area contributed by atoms with Crippen LogP contribution in [0.1, 0.15) is 24.8 Å². The number of hydrogen-bond donors (Lipinski definition) is 2. The molecule has 0 saturated carbocycles. The predicted octanol–water partition coefficient (Wildman–Crippen LogP) is 2.68. The summed E-state index contributed by atoms with van der Waals surface area (Å²) in [5.74, 6) is 1.43. The van der Waals surface area contributed by atoms with Gasteiger partial charge in [-0.2, -0.15) is 0 Å². The highest BCUT2D eigenvalue weighted by molar-refractivity contribution is 5.80. The van der Waals surface area contributed by atoms with Crippen LogP contribution >= 0.6 is 0 Å². The summed E-state index contributed by atoms with van der Waals surface area (Å²) in [5, 5.41) is 3.35. The summed E-state index contributed by atoms with van der Waals surface area (Å²) in [7, 11) is 1.75. The van der Waals surface area contributed by atoms with Crippen LogP contribution in [0.3, 0.4) is 0 Å². The van der Waals surface area contributed by atoms with Crippen LogP contribution in [0.25, 0.3) is 0 Å². The largest absolute Gasteiger partial charge is 0.439 e. The Balaban J connectivity index is 1.58. The number of likely N-dealkylation sites (tertiary alicyclic amines) is 1. The number of carbonyl (C=O) groups excluding carboxylic acids is 1. The van der Waals surface area contributed by atoms with E-state index in [1.165, 1.54) is 12.1 Å². The molecule has 2 heterocycles. The Morgan fingerprint density at radius 3 is 2.90 bits per heavy atom. The van der Waals surface area contributed by atoms with Crippen LogP contribution in [0, 0.1) is 11.7 Å². The van der Waals surface area contributed by atoms with Gasteiger partial charge < -0.3 is 20.7 Å². The third kappa shape index (κ3) is 6.17. The Bertz CT molecular complexity index is 856. The Hall–Kier alpha value is -3.16. The van der Waals surface area contributed by atoms with E-state index >= 15 is 0 Å². The van der Waals surface area contributed by atoms with Gasteiger partial charge in [0.05, 0.1) is 0 Å². The van der Waals surface area contributed by atoms with Gasteiger partial charge >= 0.3 is 0 Å². The van der Waals surface area contributed by atoms with Gasteiger partial charge in [0.15, 0.2) is 5.96 Å². The Morgan fingerprint density at radius 1 is 1.38 bits per heavy atom. The van der Waals surface area contributed by atoms with E-state index in [-0.39, 0.29) is 17.6 Å². The Morgan fingerprint density at radius 2 is 2.17 bits per heavy atom. The molecule has 1 aromatic carbocycles. The van der Waals surface area contributed by atoms with E-state index in [0.29, 0.717) is 24.6 Å². The highest BCUT2D eigenvalue weighted by Crippen LogP contribution is 2.21. The molecule has 1 saturated heterocycles. The maximum absolute atomic E-state index is 13.0. The Kier molecular flexibility index (Phi) is 6.99. The number of rotatable bonds is 6. The minimum absolute atomic E-state index is 0.259. The fourth-order valence-corrected chi connectivity index (χ4v) is 3.46. The van der Waals surface area contributed by atoms with Crippen LogP contribution in [0.4, 0.5) is 4.39 Å². The number of primary amides is 1. The smallest absolute Gasteiger partial charge is 0.219 e. The van der Waals surface area contributed by atoms with Crippen LogP contribution in [0.15, 0.2) is 47.6 Å². The monoisotopic (exact) mass is 399 g/mol. The molecule has 1 aliphatic rings. The van der Waals surface area contributed by atoms with Crippen LogP contribution < -0.4 is 15.8 Å². The molecule has 0 bridgehead atoms. The molecule has 1 aromatic heterocycles. The van der Waals surface area contributed by atoms with Crippen molar-refractivity contribution in [2.75, 3.05) is 20.1 Å². The molecule has 1 unspecified atom stereocenters. The van der Waals surface area contributed by atoms with Gasteiger partial charge in [0.2, 0.25) is 11.8 Å². The zero-order chi connectivity index (χ0) is 20.6. The lowest BCUT2D eigenvalue weighted by molar-refractivity contribution is -0.119. The number of carbonyl (C=O) groups is 1. The summed E-state index contributed by atoms with van der Waals surface area (Å²) < 4.78 is 18.7. The maximum atomic E-state index is 13.0. The lowest BCUT2D eigenvalue weighted by Crippen LogP contribution is -2.46. The number of amides is 1. The predicted molar refractivity (Wildman–Crippen MR) is 109 cm³/mol. The van der Waals surface area contributed by atoms with E-state index in [4.69, 9.17) is 10.5 Å². The summed E-state index contributed by atoms with van der Waals surface area (Å²) >= 11 is 0. The highest BCUT2D eigenvalue weighted by Gasteiger charge is 2.23. The zero-order valence-electron chi connectivity index (χ0n) is 16.5. The van der Waals surface area contributed by atoms with Crippen molar-refractivity contribution >= 4 is 11.9 Å². The molecule has 29 heavy (non-hydrogen) atoms. The molecule has 3 N–H and O–H groups in total. The second-order valence-corrected chi connectivity index (χ2v) is 7.08. The lowest BCUT2D eigenvalue weighted by atomic mass is 9.95. The van der Waals surface area contributed by atoms with Crippen LogP contribution in [0.5, 0.6) is 11.6 Å². The number of hydrogen-bond acceptors (Lipinski definition) is 4. The molecule has 8 heteroatoms. The van der Waals surface area contributed by atoms with E-state index in [9.17, 15) is 9.18 Å². The van der Waals surface area contributed by atoms with Crippen molar-refractivity contribution < 1.29 is 13.9 Å². The fourth-order valence-electron chi connectivity index (χ4n) is 3.46. The molecule has 0 spiro atoms. The van der Waals surface area contributed by atoms with Crippen molar-refractivity contribution in [3.8, 4) is 11.6 Å². The van der Waals surface area contributed by atoms with Gasteiger partial charge in [-0.05, 0) is 54.7 Å². The van der Waals surface area contributed by atoms with E-state index in [2.05, 4.69) is 20.2 Å². The molecule has 0 aliphatic carbocycles. The second-order valence-electron chi connectivity index (χ2n) is 7.08. The molecule has 1 aliphatic heterocycles. The van der Waals surface area contributed by atoms with E-state index in [0.717, 1.165) is 37.5 Å². The second kappa shape index (κ2) is 9.86. The molecule has 2 aromatic rings. The summed E-state index contributed by atoms with van der Waals surface area (Å²) in [6.07, 6.45) is 4.08. The van der Waals surface area contributed by atoms with Gasteiger partial charge in [-0.25, -0.2) is 9.37 Å². The third-order valence-corrected chi connectivity index (χ3v) is 4.81. The maximum Gasteiger partial charge on any atom is 0.219 e. The van der Waals surface area contributed by atoms with Crippen molar-refractivity contribution in [3.05, 3.63) is 54.0 Å². The Labute approximate surface area is 169 Å². The summed E-state index contributed by atoms with van der Waals surface area (Å²) in [6, 6.07) is 9.52. The molecule has 7 nitrogen and oxygen atoms in total. The van der Waals surface area contributed by atoms with Gasteiger partial charge in [0, 0.05) is 45.4 Å². The lowest BCUT2D eigenvalue weighted by Gasteiger charge is -2.34. The SMILES string of the molecule is CN=C(NCc1ccnc(Oc2ccc(F)cc2)c1)N1CCCC(CC(N)=O)C1. The molecular formula is C21H26FN5O2. The molecular weight excluding hydrogens is 373 g/mol. The number of ether oxygens (including phenoxy) is 1. The molecule has 154 valence electrons. The number of halogens is 1. The van der Waals surface area contributed by atoms with Gasteiger partial charge in [-0.3, -0.25) is 9.79 Å². The van der Waals surface area contributed by atoms with Gasteiger partial charge in [0.1, 0.15) is 11.6 Å². The summed E-state index contributed by atoms with van der Waals surface area (Å²) in [4.78, 5) is 22.0. The van der Waals surface area contributed by atoms with E-state index in [1.807, 2.05) is 12.1 Å². The summed E-state index contributed by atoms with van der Waals surface area (Å²) in [6.45, 7) is 2.20. The van der Waals surface area contributed by atoms with Gasteiger partial charge in [-0.1, -0.05) is 0 Å². The van der Waals surface area contributed by atoms with Crippen molar-refractivity contribution in [2.24, 2.45) is 16.6 Å². The number of nitrogens with two attached hydrogens (primary N) is 1. The van der Waals surface area contributed by atoms with Gasteiger partial charge in [0.25, 0.3) is 0 Å². The zero-order valence-corrected chi connectivity index (χ0v) is 16.5. The molecule has 1 amide bonds. The van der Waals surface area contributed by atoms with Crippen LogP contribution in [0.2, 0.25) is 0 Å². The number of aromatic nitrogens is 1. The molecule has 3 rings (SSSR count). The first-order chi connectivity index (χ1) is 14.0. The first-order valence-electron chi connectivity index (χ1n) is 9.65. The van der Waals surface area contributed by atoms with Crippen molar-refractivity contribution in [1.82, 2.24) is 15.2 Å². The average molecular weight is 399 g/mol. The number of benzene rings is 1. The van der Waals surface area contributed by atoms with Crippen molar-refractivity contribution in [2.45, 2.75) is 25.8 Å². The van der Waals surface area contributed by atoms with Crippen LogP contribution in [-0.2, 0) is 11.3 Å². The van der Waals surface area contributed by atoms with Crippen molar-refractivity contribution in [3.63, 3.8) is 0 Å². The first kappa shape index (κ1) is 20.6. The van der Waals surface area contributed by atoms with Crippen molar-refractivity contribution in [1.29, 1.82) is 0 Å². The molecule has 1 fully saturated rings. The number of nitrogens with zero attached hydrogens (tertiary/aromatic N) is 3. The average Bonchev–Trinajstić information content (AvgIpc) is 2.70.